The molecule has 4 heteroatoms. The normalized spacial score (nSPS) is 15.5. The molecule has 4 nitrogen and oxygen atoms in total. The maximum atomic E-state index is 12.5. The number of carbonyl (C=O) groups excluding carboxylic acids is 2. The van der Waals surface area contributed by atoms with Gasteiger partial charge in [-0.25, -0.2) is 0 Å². The Labute approximate surface area is 155 Å². The molecule has 0 aromatic heterocycles. The van der Waals surface area contributed by atoms with Gasteiger partial charge < -0.3 is 10.6 Å². The molecule has 0 saturated carbocycles. The highest BCUT2D eigenvalue weighted by Crippen LogP contribution is 2.24. The fourth-order valence-electron chi connectivity index (χ4n) is 3.38. The lowest BCUT2D eigenvalue weighted by molar-refractivity contribution is -0.123. The largest absolute Gasteiger partial charge is 0.348 e. The van der Waals surface area contributed by atoms with E-state index >= 15 is 0 Å². The van der Waals surface area contributed by atoms with E-state index in [1.165, 1.54) is 24.0 Å². The average molecular weight is 350 g/mol. The first-order chi connectivity index (χ1) is 12.5. The standard InChI is InChI=1S/C22H26N2O2/c1-15(19-13-12-17-8-6-7-11-20(17)14-19)23-21(25)16(2)24-22(26)18-9-4-3-5-10-18/h3-5,9-10,12-16H,6-8,11H2,1-2H3,(H,23,25)(H,24,26)/t15?,16-/m0/s1. The lowest BCUT2D eigenvalue weighted by atomic mass is 9.89. The highest BCUT2D eigenvalue weighted by atomic mass is 16.2. The molecule has 0 heterocycles. The van der Waals surface area contributed by atoms with Crippen molar-refractivity contribution in [3.8, 4) is 0 Å². The fourth-order valence-corrected chi connectivity index (χ4v) is 3.38. The van der Waals surface area contributed by atoms with Crippen LogP contribution in [0, 0.1) is 0 Å². The van der Waals surface area contributed by atoms with Crippen LogP contribution in [-0.4, -0.2) is 17.9 Å². The van der Waals surface area contributed by atoms with Gasteiger partial charge in [0.2, 0.25) is 5.91 Å². The molecule has 136 valence electrons. The van der Waals surface area contributed by atoms with Crippen LogP contribution in [0.3, 0.4) is 0 Å². The first kappa shape index (κ1) is 18.2. The fraction of sp³-hybridized carbons (Fsp3) is 0.364. The van der Waals surface area contributed by atoms with E-state index in [9.17, 15) is 9.59 Å². The van der Waals surface area contributed by atoms with Gasteiger partial charge in [-0.2, -0.15) is 0 Å². The molecule has 0 bridgehead atoms. The van der Waals surface area contributed by atoms with Crippen LogP contribution < -0.4 is 10.6 Å². The molecule has 0 spiro atoms. The second kappa shape index (κ2) is 8.17. The summed E-state index contributed by atoms with van der Waals surface area (Å²) in [6, 6.07) is 14.7. The van der Waals surface area contributed by atoms with Gasteiger partial charge in [0.1, 0.15) is 6.04 Å². The van der Waals surface area contributed by atoms with E-state index in [0.29, 0.717) is 5.56 Å². The molecule has 3 rings (SSSR count). The average Bonchev–Trinajstić information content (AvgIpc) is 2.68. The van der Waals surface area contributed by atoms with Crippen molar-refractivity contribution in [1.29, 1.82) is 0 Å². The molecule has 2 amide bonds. The van der Waals surface area contributed by atoms with Crippen molar-refractivity contribution in [2.45, 2.75) is 51.6 Å². The van der Waals surface area contributed by atoms with Crippen LogP contribution in [0.2, 0.25) is 0 Å². The Balaban J connectivity index is 1.59. The first-order valence-corrected chi connectivity index (χ1v) is 9.32. The van der Waals surface area contributed by atoms with Gasteiger partial charge in [0.25, 0.3) is 5.91 Å². The molecule has 0 saturated heterocycles. The topological polar surface area (TPSA) is 58.2 Å². The second-order valence-corrected chi connectivity index (χ2v) is 7.03. The maximum Gasteiger partial charge on any atom is 0.251 e. The number of hydrogen-bond acceptors (Lipinski definition) is 2. The maximum absolute atomic E-state index is 12.5. The molecular weight excluding hydrogens is 324 g/mol. The summed E-state index contributed by atoms with van der Waals surface area (Å²) in [4.78, 5) is 24.6. The molecule has 26 heavy (non-hydrogen) atoms. The van der Waals surface area contributed by atoms with Gasteiger partial charge >= 0.3 is 0 Å². The van der Waals surface area contributed by atoms with Crippen molar-refractivity contribution in [3.63, 3.8) is 0 Å². The predicted octanol–water partition coefficient (Wildman–Crippen LogP) is 3.56. The van der Waals surface area contributed by atoms with E-state index in [4.69, 9.17) is 0 Å². The Kier molecular flexibility index (Phi) is 5.71. The minimum absolute atomic E-state index is 0.0918. The minimum Gasteiger partial charge on any atom is -0.348 e. The summed E-state index contributed by atoms with van der Waals surface area (Å²) >= 11 is 0. The summed E-state index contributed by atoms with van der Waals surface area (Å²) in [5, 5.41) is 5.76. The third-order valence-electron chi connectivity index (χ3n) is 5.01. The van der Waals surface area contributed by atoms with E-state index in [0.717, 1.165) is 18.4 Å². The van der Waals surface area contributed by atoms with Crippen LogP contribution >= 0.6 is 0 Å². The van der Waals surface area contributed by atoms with Crippen molar-refractivity contribution in [1.82, 2.24) is 10.6 Å². The van der Waals surface area contributed by atoms with Crippen LogP contribution in [0.25, 0.3) is 0 Å². The van der Waals surface area contributed by atoms with Gasteiger partial charge in [0.05, 0.1) is 6.04 Å². The third-order valence-corrected chi connectivity index (χ3v) is 5.01. The van der Waals surface area contributed by atoms with Crippen molar-refractivity contribution in [2.24, 2.45) is 0 Å². The van der Waals surface area contributed by atoms with Gasteiger partial charge in [-0.1, -0.05) is 36.4 Å². The highest BCUT2D eigenvalue weighted by molar-refractivity contribution is 5.97. The Bertz CT molecular complexity index is 786. The summed E-state index contributed by atoms with van der Waals surface area (Å²) in [6.45, 7) is 3.68. The van der Waals surface area contributed by atoms with Gasteiger partial charge in [-0.15, -0.1) is 0 Å². The number of fused-ring (bicyclic) bond motifs is 1. The number of rotatable bonds is 5. The van der Waals surface area contributed by atoms with E-state index in [1.54, 1.807) is 31.2 Å². The van der Waals surface area contributed by atoms with Crippen LogP contribution in [0.5, 0.6) is 0 Å². The molecule has 0 radical (unpaired) electrons. The molecule has 0 aliphatic heterocycles. The van der Waals surface area contributed by atoms with Gasteiger partial charge in [0.15, 0.2) is 0 Å². The lowest BCUT2D eigenvalue weighted by Crippen LogP contribution is -2.45. The van der Waals surface area contributed by atoms with Crippen LogP contribution in [0.4, 0.5) is 0 Å². The van der Waals surface area contributed by atoms with Crippen LogP contribution in [0.15, 0.2) is 48.5 Å². The number of hydrogen-bond donors (Lipinski definition) is 2. The number of nitrogens with one attached hydrogen (secondary N) is 2. The van der Waals surface area contributed by atoms with E-state index in [2.05, 4.69) is 28.8 Å². The zero-order valence-electron chi connectivity index (χ0n) is 15.4. The Morgan fingerprint density at radius 2 is 1.58 bits per heavy atom. The Hall–Kier alpha value is -2.62. The Morgan fingerprint density at radius 3 is 2.31 bits per heavy atom. The first-order valence-electron chi connectivity index (χ1n) is 9.32. The van der Waals surface area contributed by atoms with Crippen LogP contribution in [-0.2, 0) is 17.6 Å². The zero-order valence-corrected chi connectivity index (χ0v) is 15.4. The number of benzene rings is 2. The molecule has 2 aromatic carbocycles. The molecule has 1 aliphatic rings. The van der Waals surface area contributed by atoms with Gasteiger partial charge in [0, 0.05) is 5.56 Å². The zero-order chi connectivity index (χ0) is 18.5. The van der Waals surface area contributed by atoms with E-state index in [1.807, 2.05) is 13.0 Å². The number of amides is 2. The third kappa shape index (κ3) is 4.31. The van der Waals surface area contributed by atoms with Crippen molar-refractivity contribution < 1.29 is 9.59 Å². The van der Waals surface area contributed by atoms with E-state index < -0.39 is 6.04 Å². The monoisotopic (exact) mass is 350 g/mol. The van der Waals surface area contributed by atoms with Crippen LogP contribution in [0.1, 0.15) is 59.8 Å². The summed E-state index contributed by atoms with van der Waals surface area (Å²) in [7, 11) is 0. The SMILES string of the molecule is CC(NC(=O)[C@H](C)NC(=O)c1ccccc1)c1ccc2c(c1)CCCC2. The quantitative estimate of drug-likeness (QED) is 0.866. The molecule has 2 aromatic rings. The molecule has 0 fully saturated rings. The lowest BCUT2D eigenvalue weighted by Gasteiger charge is -2.21. The van der Waals surface area contributed by atoms with E-state index in [-0.39, 0.29) is 17.9 Å². The molecule has 2 atom stereocenters. The van der Waals surface area contributed by atoms with Crippen molar-refractivity contribution in [2.75, 3.05) is 0 Å². The van der Waals surface area contributed by atoms with Gasteiger partial charge in [-0.05, 0) is 68.4 Å². The second-order valence-electron chi connectivity index (χ2n) is 7.03. The van der Waals surface area contributed by atoms with Gasteiger partial charge in [-0.3, -0.25) is 9.59 Å². The molecule has 1 aliphatic carbocycles. The summed E-state index contributed by atoms with van der Waals surface area (Å²) in [5.41, 5.74) is 4.50. The number of carbonyl (C=O) groups is 2. The summed E-state index contributed by atoms with van der Waals surface area (Å²) in [5.74, 6) is -0.422. The molecule has 2 N–H and O–H groups in total. The number of aryl methyl sites for hydroxylation is 2. The minimum atomic E-state index is -0.595. The van der Waals surface area contributed by atoms with Crippen molar-refractivity contribution in [3.05, 3.63) is 70.8 Å². The summed E-state index contributed by atoms with van der Waals surface area (Å²) in [6.07, 6.45) is 4.77. The molecular formula is C22H26N2O2. The molecule has 1 unspecified atom stereocenters. The highest BCUT2D eigenvalue weighted by Gasteiger charge is 2.19. The van der Waals surface area contributed by atoms with Crippen molar-refractivity contribution >= 4 is 11.8 Å². The Morgan fingerprint density at radius 1 is 0.885 bits per heavy atom. The summed E-state index contributed by atoms with van der Waals surface area (Å²) < 4.78 is 0. The predicted molar refractivity (Wildman–Crippen MR) is 103 cm³/mol. The smallest absolute Gasteiger partial charge is 0.251 e.